The summed E-state index contributed by atoms with van der Waals surface area (Å²) in [6.45, 7) is 2.80. The van der Waals surface area contributed by atoms with Gasteiger partial charge in [0.2, 0.25) is 0 Å². The van der Waals surface area contributed by atoms with E-state index in [1.165, 1.54) is 6.33 Å². The Morgan fingerprint density at radius 2 is 1.78 bits per heavy atom. The Morgan fingerprint density at radius 3 is 2.44 bits per heavy atom. The quantitative estimate of drug-likeness (QED) is 0.891. The number of aromatic nitrogens is 2. The van der Waals surface area contributed by atoms with Crippen LogP contribution >= 0.6 is 23.2 Å². The van der Waals surface area contributed by atoms with E-state index >= 15 is 0 Å². The second-order valence-corrected chi connectivity index (χ2v) is 4.35. The van der Waals surface area contributed by atoms with Crippen molar-refractivity contribution in [2.24, 2.45) is 0 Å². The molecule has 0 spiro atoms. The molecule has 0 saturated carbocycles. The fourth-order valence-corrected chi connectivity index (χ4v) is 1.94. The lowest BCUT2D eigenvalue weighted by atomic mass is 10.3. The first-order valence-electron chi connectivity index (χ1n) is 5.47. The standard InChI is InChI=1S/C12H12Cl2N4/c1-2-15-10-6-11(17-7-16-10)18-12-8(13)4-3-5-9(12)14/h3-7H,2H2,1H3,(H2,15,16,17,18). The van der Waals surface area contributed by atoms with Gasteiger partial charge in [0, 0.05) is 12.6 Å². The fraction of sp³-hybridized carbons (Fsp3) is 0.167. The third kappa shape index (κ3) is 3.03. The lowest BCUT2D eigenvalue weighted by molar-refractivity contribution is 1.11. The van der Waals surface area contributed by atoms with Crippen LogP contribution in [0.2, 0.25) is 10.0 Å². The second-order valence-electron chi connectivity index (χ2n) is 3.54. The number of para-hydroxylation sites is 1. The topological polar surface area (TPSA) is 49.8 Å². The molecule has 0 radical (unpaired) electrons. The molecule has 0 unspecified atom stereocenters. The monoisotopic (exact) mass is 282 g/mol. The number of nitrogens with zero attached hydrogens (tertiary/aromatic N) is 2. The third-order valence-corrected chi connectivity index (χ3v) is 2.87. The zero-order valence-electron chi connectivity index (χ0n) is 9.74. The smallest absolute Gasteiger partial charge is 0.135 e. The van der Waals surface area contributed by atoms with E-state index in [9.17, 15) is 0 Å². The Bertz CT molecular complexity index is 525. The summed E-state index contributed by atoms with van der Waals surface area (Å²) in [6, 6.07) is 7.12. The molecule has 2 rings (SSSR count). The molecule has 18 heavy (non-hydrogen) atoms. The van der Waals surface area contributed by atoms with Crippen LogP contribution in [0.3, 0.4) is 0 Å². The molecule has 2 aromatic rings. The highest BCUT2D eigenvalue weighted by molar-refractivity contribution is 6.39. The molecule has 2 N–H and O–H groups in total. The van der Waals surface area contributed by atoms with E-state index in [4.69, 9.17) is 23.2 Å². The number of hydrogen-bond donors (Lipinski definition) is 2. The van der Waals surface area contributed by atoms with Crippen molar-refractivity contribution in [3.05, 3.63) is 40.6 Å². The van der Waals surface area contributed by atoms with E-state index in [-0.39, 0.29) is 0 Å². The van der Waals surface area contributed by atoms with Gasteiger partial charge in [0.15, 0.2) is 0 Å². The van der Waals surface area contributed by atoms with Crippen LogP contribution in [0.4, 0.5) is 17.3 Å². The van der Waals surface area contributed by atoms with Crippen LogP contribution in [-0.2, 0) is 0 Å². The van der Waals surface area contributed by atoms with Gasteiger partial charge in [-0.25, -0.2) is 9.97 Å². The highest BCUT2D eigenvalue weighted by Gasteiger charge is 2.06. The van der Waals surface area contributed by atoms with Crippen molar-refractivity contribution >= 4 is 40.5 Å². The molecule has 0 fully saturated rings. The van der Waals surface area contributed by atoms with Gasteiger partial charge in [-0.2, -0.15) is 0 Å². The number of rotatable bonds is 4. The lowest BCUT2D eigenvalue weighted by Crippen LogP contribution is -2.02. The van der Waals surface area contributed by atoms with Gasteiger partial charge >= 0.3 is 0 Å². The van der Waals surface area contributed by atoms with Crippen LogP contribution in [-0.4, -0.2) is 16.5 Å². The minimum absolute atomic E-state index is 0.547. The molecule has 6 heteroatoms. The van der Waals surface area contributed by atoms with Crippen molar-refractivity contribution in [3.8, 4) is 0 Å². The van der Waals surface area contributed by atoms with Gasteiger partial charge in [0.25, 0.3) is 0 Å². The van der Waals surface area contributed by atoms with Crippen molar-refractivity contribution in [3.63, 3.8) is 0 Å². The van der Waals surface area contributed by atoms with Gasteiger partial charge in [-0.05, 0) is 19.1 Å². The van der Waals surface area contributed by atoms with E-state index < -0.39 is 0 Å². The summed E-state index contributed by atoms with van der Waals surface area (Å²) in [7, 11) is 0. The number of benzene rings is 1. The van der Waals surface area contributed by atoms with Crippen molar-refractivity contribution < 1.29 is 0 Å². The van der Waals surface area contributed by atoms with Gasteiger partial charge in [-0.1, -0.05) is 29.3 Å². The molecule has 0 saturated heterocycles. The molecule has 1 heterocycles. The molecule has 0 aliphatic carbocycles. The molecular formula is C12H12Cl2N4. The van der Waals surface area contributed by atoms with E-state index in [1.807, 2.05) is 6.92 Å². The second kappa shape index (κ2) is 5.89. The first-order chi connectivity index (χ1) is 8.70. The molecule has 4 nitrogen and oxygen atoms in total. The van der Waals surface area contributed by atoms with E-state index in [2.05, 4.69) is 20.6 Å². The largest absolute Gasteiger partial charge is 0.370 e. The zero-order valence-corrected chi connectivity index (χ0v) is 11.3. The summed E-state index contributed by atoms with van der Waals surface area (Å²) >= 11 is 12.1. The predicted octanol–water partition coefficient (Wildman–Crippen LogP) is 3.96. The van der Waals surface area contributed by atoms with E-state index in [0.29, 0.717) is 21.6 Å². The molecule has 0 aliphatic rings. The molecule has 0 bridgehead atoms. The summed E-state index contributed by atoms with van der Waals surface area (Å²) in [6.07, 6.45) is 1.48. The molecule has 1 aromatic carbocycles. The van der Waals surface area contributed by atoms with Crippen LogP contribution < -0.4 is 10.6 Å². The highest BCUT2D eigenvalue weighted by Crippen LogP contribution is 2.32. The van der Waals surface area contributed by atoms with Crippen molar-refractivity contribution in [1.29, 1.82) is 0 Å². The maximum atomic E-state index is 6.07. The number of nitrogens with one attached hydrogen (secondary N) is 2. The van der Waals surface area contributed by atoms with Crippen molar-refractivity contribution in [2.45, 2.75) is 6.92 Å². The van der Waals surface area contributed by atoms with Gasteiger partial charge in [0.1, 0.15) is 18.0 Å². The van der Waals surface area contributed by atoms with Gasteiger partial charge in [-0.3, -0.25) is 0 Å². The number of hydrogen-bond acceptors (Lipinski definition) is 4. The minimum atomic E-state index is 0.547. The maximum Gasteiger partial charge on any atom is 0.135 e. The third-order valence-electron chi connectivity index (χ3n) is 2.24. The average Bonchev–Trinajstić information content (AvgIpc) is 2.35. The van der Waals surface area contributed by atoms with Gasteiger partial charge < -0.3 is 10.6 Å². The Morgan fingerprint density at radius 1 is 1.11 bits per heavy atom. The van der Waals surface area contributed by atoms with E-state index in [1.54, 1.807) is 24.3 Å². The maximum absolute atomic E-state index is 6.07. The molecule has 0 atom stereocenters. The SMILES string of the molecule is CCNc1cc(Nc2c(Cl)cccc2Cl)ncn1. The van der Waals surface area contributed by atoms with Crippen LogP contribution in [0.1, 0.15) is 6.92 Å². The summed E-state index contributed by atoms with van der Waals surface area (Å²) in [4.78, 5) is 8.21. The zero-order chi connectivity index (χ0) is 13.0. The molecular weight excluding hydrogens is 271 g/mol. The Labute approximate surface area is 115 Å². The Hall–Kier alpha value is -1.52. The molecule has 94 valence electrons. The Balaban J connectivity index is 2.26. The fourth-order valence-electron chi connectivity index (χ4n) is 1.45. The Kier molecular flexibility index (Phi) is 4.23. The van der Waals surface area contributed by atoms with Crippen molar-refractivity contribution in [1.82, 2.24) is 9.97 Å². The van der Waals surface area contributed by atoms with Crippen LogP contribution in [0.25, 0.3) is 0 Å². The molecule has 1 aromatic heterocycles. The van der Waals surface area contributed by atoms with Crippen LogP contribution in [0.5, 0.6) is 0 Å². The summed E-state index contributed by atoms with van der Waals surface area (Å²) in [5.41, 5.74) is 0.641. The first kappa shape index (κ1) is 12.9. The summed E-state index contributed by atoms with van der Waals surface area (Å²) in [5.74, 6) is 1.38. The average molecular weight is 283 g/mol. The first-order valence-corrected chi connectivity index (χ1v) is 6.23. The summed E-state index contributed by atoms with van der Waals surface area (Å²) < 4.78 is 0. The van der Waals surface area contributed by atoms with Crippen LogP contribution in [0.15, 0.2) is 30.6 Å². The number of halogens is 2. The summed E-state index contributed by atoms with van der Waals surface area (Å²) in [5, 5.41) is 7.28. The lowest BCUT2D eigenvalue weighted by Gasteiger charge is -2.10. The molecule has 0 amide bonds. The normalized spacial score (nSPS) is 10.2. The highest BCUT2D eigenvalue weighted by atomic mass is 35.5. The van der Waals surface area contributed by atoms with Crippen LogP contribution in [0, 0.1) is 0 Å². The van der Waals surface area contributed by atoms with Gasteiger partial charge in [-0.15, -0.1) is 0 Å². The number of anilines is 3. The van der Waals surface area contributed by atoms with E-state index in [0.717, 1.165) is 12.4 Å². The predicted molar refractivity (Wildman–Crippen MR) is 75.9 cm³/mol. The van der Waals surface area contributed by atoms with Crippen molar-refractivity contribution in [2.75, 3.05) is 17.2 Å². The minimum Gasteiger partial charge on any atom is -0.370 e. The molecule has 0 aliphatic heterocycles. The van der Waals surface area contributed by atoms with Gasteiger partial charge in [0.05, 0.1) is 15.7 Å².